The second-order valence-corrected chi connectivity index (χ2v) is 9.08. The van der Waals surface area contributed by atoms with Crippen molar-refractivity contribution in [1.29, 1.82) is 10.5 Å². The normalized spacial score (nSPS) is 25.4. The zero-order valence-electron chi connectivity index (χ0n) is 16.6. The Morgan fingerprint density at radius 1 is 1.42 bits per heavy atom. The Kier molecular flexibility index (Phi) is 6.13. The molecule has 4 N–H and O–H groups in total. The summed E-state index contributed by atoms with van der Waals surface area (Å²) in [4.78, 5) is 24.2. The molecule has 0 bridgehead atoms. The lowest BCUT2D eigenvalue weighted by Crippen LogP contribution is -2.65. The van der Waals surface area contributed by atoms with Gasteiger partial charge in [-0.1, -0.05) is 0 Å². The fraction of sp³-hybridized carbons (Fsp3) is 0.444. The molecule has 3 unspecified atom stereocenters. The second kappa shape index (κ2) is 8.47. The number of urea groups is 1. The quantitative estimate of drug-likeness (QED) is 0.481. The highest BCUT2D eigenvalue weighted by atomic mass is 32.2. The number of benzene rings is 1. The molecule has 2 aliphatic rings. The van der Waals surface area contributed by atoms with Gasteiger partial charge in [0.25, 0.3) is 10.0 Å². The number of sulfonamides is 1. The molecule has 31 heavy (non-hydrogen) atoms. The summed E-state index contributed by atoms with van der Waals surface area (Å²) in [5, 5.41) is 29.3. The maximum atomic E-state index is 13.9. The van der Waals surface area contributed by atoms with Gasteiger partial charge in [0, 0.05) is 24.7 Å². The van der Waals surface area contributed by atoms with E-state index in [4.69, 9.17) is 10.5 Å². The zero-order valence-corrected chi connectivity index (χ0v) is 17.5. The molecule has 4 atom stereocenters. The first-order valence-electron chi connectivity index (χ1n) is 9.35. The SMILES string of the molecule is CC1NC(C#N)CNC1[C@H](C)NC(=O)CN1C(=O)Nc2ccc(F)c(C#N)c2S1(=O)=O. The van der Waals surface area contributed by atoms with Gasteiger partial charge in [-0.3, -0.25) is 10.1 Å². The van der Waals surface area contributed by atoms with Crippen molar-refractivity contribution in [3.05, 3.63) is 23.5 Å². The molecular weight excluding hydrogens is 429 g/mol. The van der Waals surface area contributed by atoms with Crippen LogP contribution < -0.4 is 21.3 Å². The molecule has 0 aromatic heterocycles. The van der Waals surface area contributed by atoms with Crippen LogP contribution in [0.15, 0.2) is 17.0 Å². The van der Waals surface area contributed by atoms with Gasteiger partial charge in [-0.25, -0.2) is 21.9 Å². The van der Waals surface area contributed by atoms with E-state index >= 15 is 0 Å². The van der Waals surface area contributed by atoms with E-state index in [1.807, 2.05) is 6.92 Å². The first-order valence-corrected chi connectivity index (χ1v) is 10.8. The highest BCUT2D eigenvalue weighted by molar-refractivity contribution is 7.90. The Morgan fingerprint density at radius 2 is 2.13 bits per heavy atom. The molecule has 0 saturated carbocycles. The topological polar surface area (TPSA) is 167 Å². The lowest BCUT2D eigenvalue weighted by Gasteiger charge is -2.38. The van der Waals surface area contributed by atoms with Crippen LogP contribution in [0.1, 0.15) is 19.4 Å². The highest BCUT2D eigenvalue weighted by Gasteiger charge is 2.41. The van der Waals surface area contributed by atoms with E-state index in [0.29, 0.717) is 6.54 Å². The Labute approximate surface area is 178 Å². The highest BCUT2D eigenvalue weighted by Crippen LogP contribution is 2.33. The molecule has 2 aliphatic heterocycles. The molecule has 1 aromatic rings. The van der Waals surface area contributed by atoms with Gasteiger partial charge in [0.15, 0.2) is 0 Å². The number of amides is 3. The van der Waals surface area contributed by atoms with Crippen molar-refractivity contribution in [1.82, 2.24) is 20.3 Å². The third-order valence-corrected chi connectivity index (χ3v) is 6.98. The second-order valence-electron chi connectivity index (χ2n) is 7.28. The number of nitriles is 2. The molecule has 0 spiro atoms. The molecule has 164 valence electrons. The van der Waals surface area contributed by atoms with Gasteiger partial charge in [-0.15, -0.1) is 0 Å². The first-order chi connectivity index (χ1) is 14.6. The average molecular weight is 449 g/mol. The number of nitrogens with one attached hydrogen (secondary N) is 4. The molecule has 3 amide bonds. The van der Waals surface area contributed by atoms with Crippen LogP contribution in [0.2, 0.25) is 0 Å². The van der Waals surface area contributed by atoms with Crippen LogP contribution in [-0.4, -0.2) is 61.9 Å². The number of halogens is 1. The Morgan fingerprint density at radius 3 is 2.74 bits per heavy atom. The minimum Gasteiger partial charge on any atom is -0.350 e. The molecule has 0 aliphatic carbocycles. The monoisotopic (exact) mass is 449 g/mol. The average Bonchev–Trinajstić information content (AvgIpc) is 2.71. The van der Waals surface area contributed by atoms with Crippen molar-refractivity contribution in [2.45, 2.75) is 42.9 Å². The number of carbonyl (C=O) groups is 2. The summed E-state index contributed by atoms with van der Waals surface area (Å²) >= 11 is 0. The lowest BCUT2D eigenvalue weighted by atomic mass is 9.98. The van der Waals surface area contributed by atoms with Crippen LogP contribution >= 0.6 is 0 Å². The van der Waals surface area contributed by atoms with Crippen LogP contribution in [0.3, 0.4) is 0 Å². The fourth-order valence-corrected chi connectivity index (χ4v) is 5.28. The van der Waals surface area contributed by atoms with Crippen molar-refractivity contribution in [3.63, 3.8) is 0 Å². The first kappa shape index (κ1) is 22.4. The van der Waals surface area contributed by atoms with Gasteiger partial charge >= 0.3 is 6.03 Å². The van der Waals surface area contributed by atoms with Gasteiger partial charge < -0.3 is 16.0 Å². The van der Waals surface area contributed by atoms with Crippen molar-refractivity contribution >= 4 is 27.6 Å². The van der Waals surface area contributed by atoms with Gasteiger partial charge in [-0.05, 0) is 26.0 Å². The number of hydrogen-bond donors (Lipinski definition) is 4. The molecule has 13 heteroatoms. The van der Waals surface area contributed by atoms with E-state index in [2.05, 4.69) is 27.3 Å². The van der Waals surface area contributed by atoms with E-state index in [9.17, 15) is 22.4 Å². The molecule has 1 fully saturated rings. The molecule has 3 rings (SSSR count). The summed E-state index contributed by atoms with van der Waals surface area (Å²) in [6.45, 7) is 3.05. The van der Waals surface area contributed by atoms with E-state index in [-0.39, 0.29) is 28.1 Å². The van der Waals surface area contributed by atoms with Gasteiger partial charge in [0.2, 0.25) is 5.91 Å². The van der Waals surface area contributed by atoms with Crippen LogP contribution in [0.25, 0.3) is 0 Å². The predicted molar refractivity (Wildman–Crippen MR) is 105 cm³/mol. The Balaban J connectivity index is 1.76. The Bertz CT molecular complexity index is 1110. The van der Waals surface area contributed by atoms with Crippen molar-refractivity contribution in [3.8, 4) is 12.1 Å². The molecule has 11 nitrogen and oxygen atoms in total. The minimum absolute atomic E-state index is 0.163. The minimum atomic E-state index is -4.64. The van der Waals surface area contributed by atoms with E-state index in [0.717, 1.165) is 12.1 Å². The number of rotatable bonds is 4. The summed E-state index contributed by atoms with van der Waals surface area (Å²) in [6.07, 6.45) is 0. The largest absolute Gasteiger partial charge is 0.350 e. The maximum Gasteiger partial charge on any atom is 0.336 e. The number of hydrogen-bond acceptors (Lipinski definition) is 8. The molecule has 2 heterocycles. The van der Waals surface area contributed by atoms with E-state index in [1.165, 1.54) is 6.07 Å². The Hall–Kier alpha value is -3.26. The van der Waals surface area contributed by atoms with Crippen molar-refractivity contribution in [2.24, 2.45) is 0 Å². The number of piperazine rings is 1. The summed E-state index contributed by atoms with van der Waals surface area (Å²) in [5.74, 6) is -1.82. The third kappa shape index (κ3) is 4.16. The zero-order chi connectivity index (χ0) is 22.9. The van der Waals surface area contributed by atoms with Crippen molar-refractivity contribution in [2.75, 3.05) is 18.4 Å². The summed E-state index contributed by atoms with van der Waals surface area (Å²) in [6, 6.07) is 3.16. The van der Waals surface area contributed by atoms with E-state index < -0.39 is 50.8 Å². The maximum absolute atomic E-state index is 13.9. The number of anilines is 1. The smallest absolute Gasteiger partial charge is 0.336 e. The molecule has 1 aromatic carbocycles. The lowest BCUT2D eigenvalue weighted by molar-refractivity contribution is -0.121. The van der Waals surface area contributed by atoms with Gasteiger partial charge in [-0.2, -0.15) is 10.5 Å². The summed E-state index contributed by atoms with van der Waals surface area (Å²) < 4.78 is 40.0. The molecule has 1 saturated heterocycles. The van der Waals surface area contributed by atoms with Crippen molar-refractivity contribution < 1.29 is 22.4 Å². The fourth-order valence-electron chi connectivity index (χ4n) is 3.71. The predicted octanol–water partition coefficient (Wildman–Crippen LogP) is -0.420. The summed E-state index contributed by atoms with van der Waals surface area (Å²) in [7, 11) is -4.64. The van der Waals surface area contributed by atoms with Crippen LogP contribution in [0.5, 0.6) is 0 Å². The standard InChI is InChI=1S/C18H20FN7O4S/c1-9-16(22-7-11(5-20)23-9)10(2)24-15(27)8-26-18(28)25-14-4-3-13(19)12(6-21)17(14)31(26,29)30/h3-4,9-11,16,22-23H,7-8H2,1-2H3,(H,24,27)(H,25,28)/t9?,10-,11?,16?/m0/s1. The third-order valence-electron chi connectivity index (χ3n) is 5.17. The van der Waals surface area contributed by atoms with Gasteiger partial charge in [0.05, 0.1) is 11.8 Å². The van der Waals surface area contributed by atoms with Gasteiger partial charge in [0.1, 0.15) is 34.9 Å². The van der Waals surface area contributed by atoms with E-state index in [1.54, 1.807) is 6.92 Å². The number of nitrogens with zero attached hydrogens (tertiary/aromatic N) is 3. The molecule has 0 radical (unpaired) electrons. The molecular formula is C18H20FN7O4S. The summed E-state index contributed by atoms with van der Waals surface area (Å²) in [5.41, 5.74) is -0.971. The van der Waals surface area contributed by atoms with Crippen LogP contribution in [0.4, 0.5) is 14.9 Å². The van der Waals surface area contributed by atoms with Crippen LogP contribution in [0, 0.1) is 28.5 Å². The number of carbonyl (C=O) groups excluding carboxylic acids is 2. The van der Waals surface area contributed by atoms with Crippen LogP contribution in [-0.2, 0) is 14.8 Å². The number of fused-ring (bicyclic) bond motifs is 1.